The van der Waals surface area contributed by atoms with E-state index in [4.69, 9.17) is 10.2 Å². The Morgan fingerprint density at radius 3 is 2.22 bits per heavy atom. The normalized spacial score (nSPS) is 12.3. The smallest absolute Gasteiger partial charge is 1.00 e. The van der Waals surface area contributed by atoms with Crippen molar-refractivity contribution in [3.63, 3.8) is 0 Å². The number of sulfone groups is 1. The Balaban J connectivity index is -0.000000963. The van der Waals surface area contributed by atoms with Crippen LogP contribution in [0.1, 0.15) is 2.85 Å². The molecule has 0 aliphatic carbocycles. The van der Waals surface area contributed by atoms with Crippen LogP contribution in [-0.2, 0) is 14.6 Å². The van der Waals surface area contributed by atoms with E-state index in [1.165, 1.54) is 24.3 Å². The molecule has 1 aromatic rings. The summed E-state index contributed by atoms with van der Waals surface area (Å²) in [4.78, 5) is 10.8. The standard InChI is InChI=1S/C10H13NO5S.Mg.2H/c1-17(15,16)8-4-2-7(3-5-8)11-9(6-12)10(13)14;;;/h2-5,9,11-12H,6H2,1H3,(H,13,14);;;/q;+2;2*-1/t9-;;;/m0.../s1. The van der Waals surface area contributed by atoms with E-state index in [-0.39, 0.29) is 30.8 Å². The number of aliphatic carboxylic acids is 1. The summed E-state index contributed by atoms with van der Waals surface area (Å²) in [5.41, 5.74) is 0.429. The summed E-state index contributed by atoms with van der Waals surface area (Å²) < 4.78 is 22.4. The average Bonchev–Trinajstić information content (AvgIpc) is 2.25. The largest absolute Gasteiger partial charge is 2.00 e. The Morgan fingerprint density at radius 1 is 1.39 bits per heavy atom. The maximum atomic E-state index is 11.2. The van der Waals surface area contributed by atoms with E-state index >= 15 is 0 Å². The minimum atomic E-state index is -3.26. The molecule has 0 spiro atoms. The number of aliphatic hydroxyl groups excluding tert-OH is 1. The fourth-order valence-electron chi connectivity index (χ4n) is 1.19. The quantitative estimate of drug-likeness (QED) is 0.647. The van der Waals surface area contributed by atoms with E-state index in [0.717, 1.165) is 6.26 Å². The van der Waals surface area contributed by atoms with Gasteiger partial charge in [-0.1, -0.05) is 0 Å². The van der Waals surface area contributed by atoms with Crippen molar-refractivity contribution in [2.45, 2.75) is 10.9 Å². The van der Waals surface area contributed by atoms with Crippen molar-refractivity contribution in [2.75, 3.05) is 18.2 Å². The Labute approximate surface area is 124 Å². The Hall–Kier alpha value is -0.834. The summed E-state index contributed by atoms with van der Waals surface area (Å²) in [6.45, 7) is -0.552. The number of carboxylic acid groups (broad SMARTS) is 1. The molecule has 0 radical (unpaired) electrons. The predicted molar refractivity (Wildman–Crippen MR) is 69.7 cm³/mol. The first-order chi connectivity index (χ1) is 7.84. The van der Waals surface area contributed by atoms with Crippen LogP contribution in [0, 0.1) is 0 Å². The van der Waals surface area contributed by atoms with E-state index in [9.17, 15) is 13.2 Å². The minimum Gasteiger partial charge on any atom is -1.00 e. The molecule has 1 rings (SSSR count). The van der Waals surface area contributed by atoms with Gasteiger partial charge < -0.3 is 18.4 Å². The maximum absolute atomic E-state index is 11.2. The third-order valence-corrected chi connectivity index (χ3v) is 3.23. The molecule has 1 aromatic carbocycles. The van der Waals surface area contributed by atoms with E-state index in [0.29, 0.717) is 5.69 Å². The van der Waals surface area contributed by atoms with Gasteiger partial charge in [-0.3, -0.25) is 0 Å². The first kappa shape index (κ1) is 17.2. The number of hydrogen-bond donors (Lipinski definition) is 3. The summed E-state index contributed by atoms with van der Waals surface area (Å²) in [5.74, 6) is -1.18. The second kappa shape index (κ2) is 6.93. The van der Waals surface area contributed by atoms with Gasteiger partial charge in [-0.25, -0.2) is 13.2 Å². The zero-order valence-electron chi connectivity index (χ0n) is 11.8. The Morgan fingerprint density at radius 2 is 1.89 bits per heavy atom. The van der Waals surface area contributed by atoms with Gasteiger partial charge in [-0.15, -0.1) is 0 Å². The molecule has 0 amide bonds. The second-order valence-electron chi connectivity index (χ2n) is 3.51. The zero-order chi connectivity index (χ0) is 13.1. The van der Waals surface area contributed by atoms with Crippen LogP contribution in [0.3, 0.4) is 0 Å². The molecule has 0 aromatic heterocycles. The fraction of sp³-hybridized carbons (Fsp3) is 0.300. The number of rotatable bonds is 5. The van der Waals surface area contributed by atoms with Gasteiger partial charge in [0.05, 0.1) is 11.5 Å². The van der Waals surface area contributed by atoms with Crippen LogP contribution in [0.15, 0.2) is 29.2 Å². The first-order valence-electron chi connectivity index (χ1n) is 4.75. The molecule has 0 saturated carbocycles. The topological polar surface area (TPSA) is 104 Å². The van der Waals surface area contributed by atoms with Crippen LogP contribution < -0.4 is 5.32 Å². The van der Waals surface area contributed by atoms with Crippen molar-refractivity contribution in [2.24, 2.45) is 0 Å². The molecular formula is C10H15MgNO5S. The molecule has 3 N–H and O–H groups in total. The molecule has 1 atom stereocenters. The molecule has 0 aliphatic heterocycles. The average molecular weight is 286 g/mol. The summed E-state index contributed by atoms with van der Waals surface area (Å²) in [6, 6.07) is 4.52. The molecular weight excluding hydrogens is 270 g/mol. The number of aliphatic hydroxyl groups is 1. The number of benzene rings is 1. The molecule has 0 bridgehead atoms. The van der Waals surface area contributed by atoms with Gasteiger partial charge in [0.2, 0.25) is 0 Å². The molecule has 8 heteroatoms. The molecule has 6 nitrogen and oxygen atoms in total. The van der Waals surface area contributed by atoms with Gasteiger partial charge in [0.1, 0.15) is 6.04 Å². The van der Waals surface area contributed by atoms with Crippen molar-refractivity contribution in [3.8, 4) is 0 Å². The van der Waals surface area contributed by atoms with Crippen LogP contribution in [0.25, 0.3) is 0 Å². The molecule has 0 aliphatic rings. The molecule has 0 saturated heterocycles. The van der Waals surface area contributed by atoms with Crippen molar-refractivity contribution >= 4 is 44.5 Å². The van der Waals surface area contributed by atoms with Crippen molar-refractivity contribution in [3.05, 3.63) is 24.3 Å². The van der Waals surface area contributed by atoms with E-state index < -0.39 is 28.5 Å². The molecule has 98 valence electrons. The molecule has 0 unspecified atom stereocenters. The van der Waals surface area contributed by atoms with Crippen LogP contribution in [-0.4, -0.2) is 66.6 Å². The van der Waals surface area contributed by atoms with Crippen molar-refractivity contribution in [1.29, 1.82) is 0 Å². The van der Waals surface area contributed by atoms with Gasteiger partial charge in [0.25, 0.3) is 0 Å². The van der Waals surface area contributed by atoms with Crippen LogP contribution >= 0.6 is 0 Å². The van der Waals surface area contributed by atoms with Crippen LogP contribution in [0.5, 0.6) is 0 Å². The Bertz CT molecular complexity index is 509. The first-order valence-corrected chi connectivity index (χ1v) is 6.64. The fourth-order valence-corrected chi connectivity index (χ4v) is 1.82. The number of nitrogens with one attached hydrogen (secondary N) is 1. The summed E-state index contributed by atoms with van der Waals surface area (Å²) in [6.07, 6.45) is 1.09. The maximum Gasteiger partial charge on any atom is 2.00 e. The van der Waals surface area contributed by atoms with Gasteiger partial charge in [-0.2, -0.15) is 0 Å². The SMILES string of the molecule is CS(=O)(=O)c1ccc(N[C@@H](CO)C(=O)O)cc1.[H-].[H-].[Mg+2]. The van der Waals surface area contributed by atoms with Crippen LogP contribution in [0.2, 0.25) is 0 Å². The number of carboxylic acids is 1. The number of anilines is 1. The number of carbonyl (C=O) groups is 1. The predicted octanol–water partition coefficient (Wildman–Crippen LogP) is -0.208. The van der Waals surface area contributed by atoms with Crippen molar-refractivity contribution < 1.29 is 26.3 Å². The van der Waals surface area contributed by atoms with Gasteiger partial charge >= 0.3 is 29.0 Å². The van der Waals surface area contributed by atoms with E-state index in [1.807, 2.05) is 0 Å². The number of hydrogen-bond acceptors (Lipinski definition) is 5. The molecule has 0 heterocycles. The molecule has 0 fully saturated rings. The second-order valence-corrected chi connectivity index (χ2v) is 5.53. The van der Waals surface area contributed by atoms with Gasteiger partial charge in [0, 0.05) is 11.9 Å². The zero-order valence-corrected chi connectivity index (χ0v) is 12.1. The third kappa shape index (κ3) is 4.81. The monoisotopic (exact) mass is 285 g/mol. The summed E-state index contributed by atoms with van der Waals surface area (Å²) >= 11 is 0. The van der Waals surface area contributed by atoms with Crippen molar-refractivity contribution in [1.82, 2.24) is 0 Å². The van der Waals surface area contributed by atoms with E-state index in [2.05, 4.69) is 5.32 Å². The molecule has 18 heavy (non-hydrogen) atoms. The van der Waals surface area contributed by atoms with Crippen LogP contribution in [0.4, 0.5) is 5.69 Å². The Kier molecular flexibility index (Phi) is 6.61. The van der Waals surface area contributed by atoms with Gasteiger partial charge in [-0.05, 0) is 24.3 Å². The third-order valence-electron chi connectivity index (χ3n) is 2.10. The summed E-state index contributed by atoms with van der Waals surface area (Å²) in [7, 11) is -3.26. The summed E-state index contributed by atoms with van der Waals surface area (Å²) in [5, 5.41) is 20.1. The minimum absolute atomic E-state index is 0. The van der Waals surface area contributed by atoms with E-state index in [1.54, 1.807) is 0 Å². The van der Waals surface area contributed by atoms with Gasteiger partial charge in [0.15, 0.2) is 9.84 Å².